The third-order valence-corrected chi connectivity index (χ3v) is 4.58. The molecule has 5 nitrogen and oxygen atoms in total. The predicted molar refractivity (Wildman–Crippen MR) is 69.3 cm³/mol. The molecule has 2 saturated carbocycles. The van der Waals surface area contributed by atoms with Gasteiger partial charge in [0.2, 0.25) is 5.91 Å². The van der Waals surface area contributed by atoms with Crippen molar-refractivity contribution in [3.05, 3.63) is 0 Å². The molecule has 0 aliphatic heterocycles. The second-order valence-corrected chi connectivity index (χ2v) is 5.45. The number of oxime groups is 1. The summed E-state index contributed by atoms with van der Waals surface area (Å²) in [5.41, 5.74) is 5.04. The molecule has 0 heterocycles. The highest BCUT2D eigenvalue weighted by Crippen LogP contribution is 2.43. The van der Waals surface area contributed by atoms with Crippen LogP contribution in [0.15, 0.2) is 5.16 Å². The molecular weight excluding hydrogens is 230 g/mol. The molecule has 2 fully saturated rings. The maximum atomic E-state index is 12.7. The Morgan fingerprint density at radius 1 is 1.39 bits per heavy atom. The van der Waals surface area contributed by atoms with Crippen LogP contribution in [0.25, 0.3) is 0 Å². The summed E-state index contributed by atoms with van der Waals surface area (Å²) in [7, 11) is 0. The molecule has 2 aliphatic rings. The lowest BCUT2D eigenvalue weighted by atomic mass is 9.66. The van der Waals surface area contributed by atoms with Crippen LogP contribution >= 0.6 is 0 Å². The van der Waals surface area contributed by atoms with Crippen molar-refractivity contribution in [2.75, 3.05) is 6.54 Å². The van der Waals surface area contributed by atoms with E-state index in [2.05, 4.69) is 5.16 Å². The van der Waals surface area contributed by atoms with Crippen molar-refractivity contribution >= 4 is 11.7 Å². The van der Waals surface area contributed by atoms with E-state index in [9.17, 15) is 4.79 Å². The minimum Gasteiger partial charge on any atom is -0.409 e. The Hall–Kier alpha value is -1.26. The van der Waals surface area contributed by atoms with Crippen LogP contribution in [-0.2, 0) is 4.79 Å². The third-order valence-electron chi connectivity index (χ3n) is 4.58. The molecule has 0 spiro atoms. The lowest BCUT2D eigenvalue weighted by Crippen LogP contribution is -2.57. The van der Waals surface area contributed by atoms with Crippen molar-refractivity contribution < 1.29 is 10.0 Å². The van der Waals surface area contributed by atoms with Crippen molar-refractivity contribution in [1.29, 1.82) is 0 Å². The van der Waals surface area contributed by atoms with Crippen molar-refractivity contribution in [1.82, 2.24) is 4.90 Å². The summed E-state index contributed by atoms with van der Waals surface area (Å²) >= 11 is 0. The molecular formula is C13H23N3O2. The van der Waals surface area contributed by atoms with Crippen molar-refractivity contribution in [3.63, 3.8) is 0 Å². The van der Waals surface area contributed by atoms with Gasteiger partial charge in [0.15, 0.2) is 5.84 Å². The quantitative estimate of drug-likeness (QED) is 0.346. The lowest BCUT2D eigenvalue weighted by Gasteiger charge is -2.43. The number of amides is 1. The second kappa shape index (κ2) is 5.16. The minimum absolute atomic E-state index is 0.0680. The molecule has 0 radical (unpaired) electrons. The Morgan fingerprint density at radius 2 is 2.00 bits per heavy atom. The van der Waals surface area contributed by atoms with E-state index in [4.69, 9.17) is 10.9 Å². The molecule has 0 atom stereocenters. The van der Waals surface area contributed by atoms with Crippen LogP contribution in [0.4, 0.5) is 0 Å². The normalized spacial score (nSPS) is 23.7. The molecule has 2 aliphatic carbocycles. The van der Waals surface area contributed by atoms with Gasteiger partial charge in [0, 0.05) is 12.6 Å². The maximum absolute atomic E-state index is 12.7. The average Bonchev–Trinajstić information content (AvgIpc) is 2.82. The van der Waals surface area contributed by atoms with E-state index in [0.717, 1.165) is 19.3 Å². The lowest BCUT2D eigenvalue weighted by molar-refractivity contribution is -0.144. The van der Waals surface area contributed by atoms with Gasteiger partial charge in [0.05, 0.1) is 0 Å². The van der Waals surface area contributed by atoms with Crippen LogP contribution in [0.5, 0.6) is 0 Å². The molecule has 0 aromatic carbocycles. The Kier molecular flexibility index (Phi) is 3.78. The molecule has 5 heteroatoms. The van der Waals surface area contributed by atoms with E-state index in [1.807, 2.05) is 11.8 Å². The van der Waals surface area contributed by atoms with E-state index in [1.54, 1.807) is 0 Å². The highest BCUT2D eigenvalue weighted by atomic mass is 16.4. The van der Waals surface area contributed by atoms with Gasteiger partial charge in [0.1, 0.15) is 5.41 Å². The first-order valence-corrected chi connectivity index (χ1v) is 6.95. The average molecular weight is 253 g/mol. The monoisotopic (exact) mass is 253 g/mol. The van der Waals surface area contributed by atoms with Gasteiger partial charge in [-0.05, 0) is 32.6 Å². The largest absolute Gasteiger partial charge is 0.409 e. The number of nitrogens with zero attached hydrogens (tertiary/aromatic N) is 2. The number of carbonyl (C=O) groups is 1. The van der Waals surface area contributed by atoms with Crippen LogP contribution in [-0.4, -0.2) is 34.4 Å². The summed E-state index contributed by atoms with van der Waals surface area (Å²) in [5.74, 6) is 0.161. The number of hydrogen-bond donors (Lipinski definition) is 2. The summed E-state index contributed by atoms with van der Waals surface area (Å²) in [6, 6.07) is 0.353. The first-order valence-electron chi connectivity index (χ1n) is 6.95. The van der Waals surface area contributed by atoms with Gasteiger partial charge in [-0.1, -0.05) is 24.4 Å². The molecule has 0 bridgehead atoms. The Balaban J connectivity index is 2.17. The first-order chi connectivity index (χ1) is 8.65. The van der Waals surface area contributed by atoms with E-state index < -0.39 is 5.41 Å². The predicted octanol–water partition coefficient (Wildman–Crippen LogP) is 1.69. The number of rotatable bonds is 4. The highest BCUT2D eigenvalue weighted by Gasteiger charge is 2.51. The highest BCUT2D eigenvalue weighted by molar-refractivity contribution is 6.07. The third kappa shape index (κ3) is 1.95. The minimum atomic E-state index is -0.715. The fourth-order valence-corrected chi connectivity index (χ4v) is 3.26. The number of nitrogens with two attached hydrogens (primary N) is 1. The van der Waals surface area contributed by atoms with Gasteiger partial charge in [-0.2, -0.15) is 0 Å². The van der Waals surface area contributed by atoms with Gasteiger partial charge in [-0.3, -0.25) is 4.79 Å². The number of amidine groups is 1. The van der Waals surface area contributed by atoms with E-state index in [-0.39, 0.29) is 11.7 Å². The maximum Gasteiger partial charge on any atom is 0.236 e. The summed E-state index contributed by atoms with van der Waals surface area (Å²) < 4.78 is 0. The van der Waals surface area contributed by atoms with Crippen molar-refractivity contribution in [2.45, 2.75) is 57.9 Å². The van der Waals surface area contributed by atoms with Crippen LogP contribution in [0.3, 0.4) is 0 Å². The molecule has 0 saturated heterocycles. The Morgan fingerprint density at radius 3 is 2.39 bits per heavy atom. The van der Waals surface area contributed by atoms with Crippen LogP contribution in [0, 0.1) is 5.41 Å². The SMILES string of the molecule is CCN(C(=O)C1(C(N)=NO)CCC1)C1CCCC1. The Bertz CT molecular complexity index is 344. The van der Waals surface area contributed by atoms with Crippen molar-refractivity contribution in [2.24, 2.45) is 16.3 Å². The number of carbonyl (C=O) groups excluding carboxylic acids is 1. The first kappa shape index (κ1) is 13.2. The zero-order chi connectivity index (χ0) is 13.2. The van der Waals surface area contributed by atoms with Gasteiger partial charge in [-0.25, -0.2) is 0 Å². The van der Waals surface area contributed by atoms with Gasteiger partial charge in [-0.15, -0.1) is 0 Å². The van der Waals surface area contributed by atoms with Gasteiger partial charge < -0.3 is 15.8 Å². The summed E-state index contributed by atoms with van der Waals surface area (Å²) in [6.45, 7) is 2.72. The number of hydrogen-bond acceptors (Lipinski definition) is 3. The molecule has 0 aromatic heterocycles. The fraction of sp³-hybridized carbons (Fsp3) is 0.846. The smallest absolute Gasteiger partial charge is 0.236 e. The van der Waals surface area contributed by atoms with Gasteiger partial charge in [0.25, 0.3) is 0 Å². The molecule has 2 rings (SSSR count). The van der Waals surface area contributed by atoms with Crippen LogP contribution in [0.1, 0.15) is 51.9 Å². The fourth-order valence-electron chi connectivity index (χ4n) is 3.26. The molecule has 3 N–H and O–H groups in total. The van der Waals surface area contributed by atoms with Crippen LogP contribution < -0.4 is 5.73 Å². The van der Waals surface area contributed by atoms with E-state index in [1.165, 1.54) is 12.8 Å². The molecule has 18 heavy (non-hydrogen) atoms. The zero-order valence-corrected chi connectivity index (χ0v) is 11.1. The zero-order valence-electron chi connectivity index (χ0n) is 11.1. The van der Waals surface area contributed by atoms with Crippen molar-refractivity contribution in [3.8, 4) is 0 Å². The van der Waals surface area contributed by atoms with Crippen LogP contribution in [0.2, 0.25) is 0 Å². The summed E-state index contributed by atoms with van der Waals surface area (Å²) in [4.78, 5) is 14.7. The van der Waals surface area contributed by atoms with E-state index >= 15 is 0 Å². The molecule has 0 unspecified atom stereocenters. The standard InChI is InChI=1S/C13H23N3O2/c1-2-16(10-6-3-4-7-10)12(17)13(8-5-9-13)11(14)15-18/h10,18H,2-9H2,1H3,(H2,14,15). The molecule has 102 valence electrons. The van der Waals surface area contributed by atoms with E-state index in [0.29, 0.717) is 25.4 Å². The summed E-state index contributed by atoms with van der Waals surface area (Å²) in [6.07, 6.45) is 6.98. The topological polar surface area (TPSA) is 78.9 Å². The summed E-state index contributed by atoms with van der Waals surface area (Å²) in [5, 5.41) is 12.0. The van der Waals surface area contributed by atoms with Gasteiger partial charge >= 0.3 is 0 Å². The molecule has 0 aromatic rings. The molecule has 1 amide bonds. The second-order valence-electron chi connectivity index (χ2n) is 5.45. The Labute approximate surface area is 108 Å².